The third kappa shape index (κ3) is 0.965. The van der Waals surface area contributed by atoms with Crippen molar-refractivity contribution < 1.29 is 19.4 Å². The number of ether oxygens (including phenoxy) is 2. The first-order chi connectivity index (χ1) is 5.22. The van der Waals surface area contributed by atoms with Crippen molar-refractivity contribution in [3.8, 4) is 0 Å². The van der Waals surface area contributed by atoms with Gasteiger partial charge in [0.25, 0.3) is 0 Å². The highest BCUT2D eigenvalue weighted by Gasteiger charge is 2.50. The molecule has 5 heteroatoms. The highest BCUT2D eigenvalue weighted by molar-refractivity contribution is 5.66. The van der Waals surface area contributed by atoms with E-state index in [1.807, 2.05) is 0 Å². The van der Waals surface area contributed by atoms with Crippen LogP contribution in [0.3, 0.4) is 0 Å². The third-order valence-electron chi connectivity index (χ3n) is 1.95. The topological polar surface area (TPSA) is 59.0 Å². The zero-order valence-corrected chi connectivity index (χ0v) is 5.95. The molecule has 5 nitrogen and oxygen atoms in total. The fourth-order valence-electron chi connectivity index (χ4n) is 1.35. The maximum Gasteiger partial charge on any atom is 0.407 e. The van der Waals surface area contributed by atoms with E-state index in [0.29, 0.717) is 26.3 Å². The highest BCUT2D eigenvalue weighted by atomic mass is 16.7. The number of carboxylic acid groups (broad SMARTS) is 1. The Kier molecular flexibility index (Phi) is 1.30. The fourth-order valence-corrected chi connectivity index (χ4v) is 1.35. The van der Waals surface area contributed by atoms with E-state index in [9.17, 15) is 4.79 Å². The van der Waals surface area contributed by atoms with Gasteiger partial charge in [0, 0.05) is 0 Å². The molecule has 0 unspecified atom stereocenters. The van der Waals surface area contributed by atoms with Gasteiger partial charge in [0.15, 0.2) is 0 Å². The maximum absolute atomic E-state index is 10.3. The molecule has 0 aromatic carbocycles. The van der Waals surface area contributed by atoms with Gasteiger partial charge in [-0.3, -0.25) is 4.90 Å². The van der Waals surface area contributed by atoms with Gasteiger partial charge in [-0.15, -0.1) is 0 Å². The molecule has 2 saturated heterocycles. The molecule has 2 aliphatic heterocycles. The zero-order chi connectivity index (χ0) is 7.90. The van der Waals surface area contributed by atoms with Crippen LogP contribution in [0.25, 0.3) is 0 Å². The van der Waals surface area contributed by atoms with Crippen LogP contribution in [0.4, 0.5) is 4.79 Å². The summed E-state index contributed by atoms with van der Waals surface area (Å²) in [6.07, 6.45) is -0.908. The van der Waals surface area contributed by atoms with Gasteiger partial charge in [-0.05, 0) is 0 Å². The van der Waals surface area contributed by atoms with E-state index in [1.165, 1.54) is 4.90 Å². The van der Waals surface area contributed by atoms with Gasteiger partial charge in [-0.25, -0.2) is 4.79 Å². The highest BCUT2D eigenvalue weighted by Crippen LogP contribution is 2.29. The summed E-state index contributed by atoms with van der Waals surface area (Å²) in [6, 6.07) is 0. The third-order valence-corrected chi connectivity index (χ3v) is 1.95. The molecule has 2 aliphatic rings. The fraction of sp³-hybridized carbons (Fsp3) is 0.833. The molecular weight excluding hydrogens is 150 g/mol. The lowest BCUT2D eigenvalue weighted by Gasteiger charge is -2.43. The Bertz CT molecular complexity index is 179. The molecule has 62 valence electrons. The van der Waals surface area contributed by atoms with E-state index < -0.39 is 11.9 Å². The Morgan fingerprint density at radius 1 is 1.36 bits per heavy atom. The first-order valence-corrected chi connectivity index (χ1v) is 3.48. The minimum Gasteiger partial charge on any atom is -0.465 e. The van der Waals surface area contributed by atoms with Crippen molar-refractivity contribution in [1.82, 2.24) is 4.90 Å². The average molecular weight is 159 g/mol. The molecule has 0 radical (unpaired) electrons. The monoisotopic (exact) mass is 159 g/mol. The molecule has 1 N–H and O–H groups in total. The van der Waals surface area contributed by atoms with Crippen molar-refractivity contribution in [3.05, 3.63) is 0 Å². The lowest BCUT2D eigenvalue weighted by atomic mass is 10.1. The molecule has 2 rings (SSSR count). The largest absolute Gasteiger partial charge is 0.465 e. The molecule has 0 atom stereocenters. The lowest BCUT2D eigenvalue weighted by Crippen LogP contribution is -2.63. The summed E-state index contributed by atoms with van der Waals surface area (Å²) >= 11 is 0. The maximum atomic E-state index is 10.3. The summed E-state index contributed by atoms with van der Waals surface area (Å²) in [5.41, 5.74) is 0. The normalized spacial score (nSPS) is 27.1. The van der Waals surface area contributed by atoms with E-state index in [1.54, 1.807) is 0 Å². The second-order valence-corrected chi connectivity index (χ2v) is 2.75. The van der Waals surface area contributed by atoms with Crippen LogP contribution in [-0.4, -0.2) is 48.2 Å². The van der Waals surface area contributed by atoms with Crippen molar-refractivity contribution in [2.75, 3.05) is 26.3 Å². The van der Waals surface area contributed by atoms with Gasteiger partial charge >= 0.3 is 6.09 Å². The molecular formula is C6H9NO4. The Morgan fingerprint density at radius 2 is 1.91 bits per heavy atom. The van der Waals surface area contributed by atoms with Crippen molar-refractivity contribution in [2.45, 2.75) is 5.79 Å². The molecule has 0 saturated carbocycles. The van der Waals surface area contributed by atoms with Gasteiger partial charge in [0.05, 0.1) is 26.3 Å². The molecule has 0 aliphatic carbocycles. The van der Waals surface area contributed by atoms with Crippen molar-refractivity contribution >= 4 is 6.09 Å². The summed E-state index contributed by atoms with van der Waals surface area (Å²) in [5.74, 6) is -0.585. The minimum atomic E-state index is -0.908. The number of hydrogen-bond acceptors (Lipinski definition) is 3. The van der Waals surface area contributed by atoms with Gasteiger partial charge in [0.2, 0.25) is 5.79 Å². The zero-order valence-electron chi connectivity index (χ0n) is 5.95. The van der Waals surface area contributed by atoms with E-state index >= 15 is 0 Å². The second kappa shape index (κ2) is 2.09. The molecule has 0 bridgehead atoms. The number of rotatable bonds is 0. The number of likely N-dealkylation sites (tertiary alicyclic amines) is 1. The van der Waals surface area contributed by atoms with Crippen LogP contribution in [-0.2, 0) is 9.47 Å². The molecule has 0 aromatic heterocycles. The molecule has 2 heterocycles. The van der Waals surface area contributed by atoms with Gasteiger partial charge in [-0.1, -0.05) is 0 Å². The van der Waals surface area contributed by atoms with Crippen LogP contribution < -0.4 is 0 Å². The smallest absolute Gasteiger partial charge is 0.407 e. The van der Waals surface area contributed by atoms with Crippen LogP contribution >= 0.6 is 0 Å². The van der Waals surface area contributed by atoms with Crippen molar-refractivity contribution in [2.24, 2.45) is 0 Å². The lowest BCUT2D eigenvalue weighted by molar-refractivity contribution is -0.227. The summed E-state index contributed by atoms with van der Waals surface area (Å²) < 4.78 is 10.5. The summed E-state index contributed by atoms with van der Waals surface area (Å²) in [5, 5.41) is 8.49. The number of nitrogens with zero attached hydrogens (tertiary/aromatic N) is 1. The summed E-state index contributed by atoms with van der Waals surface area (Å²) in [6.45, 7) is 1.85. The number of hydrogen-bond donors (Lipinski definition) is 1. The van der Waals surface area contributed by atoms with Crippen LogP contribution in [0.5, 0.6) is 0 Å². The Morgan fingerprint density at radius 3 is 2.36 bits per heavy atom. The Balaban J connectivity index is 1.91. The Labute approximate surface area is 63.5 Å². The molecule has 11 heavy (non-hydrogen) atoms. The van der Waals surface area contributed by atoms with E-state index in [0.717, 1.165) is 0 Å². The number of carbonyl (C=O) groups is 1. The van der Waals surface area contributed by atoms with E-state index in [4.69, 9.17) is 14.6 Å². The van der Waals surface area contributed by atoms with Gasteiger partial charge in [0.1, 0.15) is 0 Å². The summed E-state index contributed by atoms with van der Waals surface area (Å²) in [7, 11) is 0. The molecule has 2 fully saturated rings. The van der Waals surface area contributed by atoms with Crippen LogP contribution in [0.15, 0.2) is 0 Å². The van der Waals surface area contributed by atoms with Crippen molar-refractivity contribution in [3.63, 3.8) is 0 Å². The van der Waals surface area contributed by atoms with Crippen molar-refractivity contribution in [1.29, 1.82) is 0 Å². The molecule has 1 spiro atoms. The number of amides is 1. The minimum absolute atomic E-state index is 0.350. The summed E-state index contributed by atoms with van der Waals surface area (Å²) in [4.78, 5) is 11.6. The first-order valence-electron chi connectivity index (χ1n) is 3.48. The second-order valence-electron chi connectivity index (χ2n) is 2.75. The quantitative estimate of drug-likeness (QED) is 0.528. The standard InChI is InChI=1S/C6H9NO4/c8-5(9)7-3-6(4-7)10-1-2-11-6/h1-4H2,(H,8,9). The average Bonchev–Trinajstić information content (AvgIpc) is 2.29. The predicted octanol–water partition coefficient (Wildman–Crippen LogP) is -0.277. The van der Waals surface area contributed by atoms with Crippen LogP contribution in [0.2, 0.25) is 0 Å². The predicted molar refractivity (Wildman–Crippen MR) is 34.2 cm³/mol. The first kappa shape index (κ1) is 6.87. The SMILES string of the molecule is O=C(O)N1CC2(C1)OCCO2. The molecule has 0 aromatic rings. The van der Waals surface area contributed by atoms with Gasteiger partial charge in [-0.2, -0.15) is 0 Å². The van der Waals surface area contributed by atoms with E-state index in [2.05, 4.69) is 0 Å². The van der Waals surface area contributed by atoms with Gasteiger partial charge < -0.3 is 14.6 Å². The Hall–Kier alpha value is -0.810. The van der Waals surface area contributed by atoms with E-state index in [-0.39, 0.29) is 0 Å². The van der Waals surface area contributed by atoms with Crippen LogP contribution in [0.1, 0.15) is 0 Å². The molecule has 1 amide bonds. The van der Waals surface area contributed by atoms with Crippen LogP contribution in [0, 0.1) is 0 Å².